The van der Waals surface area contributed by atoms with E-state index in [4.69, 9.17) is 9.47 Å². The zero-order chi connectivity index (χ0) is 18.7. The second-order valence-electron chi connectivity index (χ2n) is 5.17. The van der Waals surface area contributed by atoms with Crippen molar-refractivity contribution < 1.29 is 57.3 Å². The first-order valence-electron chi connectivity index (χ1n) is 7.50. The van der Waals surface area contributed by atoms with E-state index in [-0.39, 0.29) is 53.1 Å². The molecule has 3 rings (SSSR count). The Morgan fingerprint density at radius 2 is 2.00 bits per heavy atom. The van der Waals surface area contributed by atoms with Gasteiger partial charge < -0.3 is 24.2 Å². The number of alkyl halides is 2. The monoisotopic (exact) mass is 385 g/mol. The topological polar surface area (TPSA) is 84.6 Å². The average molecular weight is 385 g/mol. The van der Waals surface area contributed by atoms with E-state index in [9.17, 15) is 13.6 Å². The van der Waals surface area contributed by atoms with Gasteiger partial charge in [-0.05, 0) is 29.0 Å². The second-order valence-corrected chi connectivity index (χ2v) is 5.17. The Labute approximate surface area is 175 Å². The molecular formula is C17H14F2N3NaO4. The van der Waals surface area contributed by atoms with E-state index in [2.05, 4.69) is 19.7 Å². The van der Waals surface area contributed by atoms with Crippen molar-refractivity contribution in [1.29, 1.82) is 0 Å². The SMILES string of the molecule is COc1ccnc(CC(=O)c2nc3cc(OC(F)F)ccc3[n-]2)c1OC.[Na+]. The Kier molecular flexibility index (Phi) is 7.11. The number of methoxy groups -OCH3 is 2. The molecule has 0 bridgehead atoms. The number of fused-ring (bicyclic) bond motifs is 1. The molecule has 2 aromatic heterocycles. The largest absolute Gasteiger partial charge is 1.00 e. The molecule has 0 spiro atoms. The molecule has 0 saturated carbocycles. The Morgan fingerprint density at radius 3 is 2.67 bits per heavy atom. The Morgan fingerprint density at radius 1 is 1.22 bits per heavy atom. The number of ketones is 1. The van der Waals surface area contributed by atoms with E-state index in [0.29, 0.717) is 22.7 Å². The third-order valence-electron chi connectivity index (χ3n) is 3.57. The van der Waals surface area contributed by atoms with Crippen molar-refractivity contribution in [2.24, 2.45) is 0 Å². The van der Waals surface area contributed by atoms with Crippen molar-refractivity contribution in [2.45, 2.75) is 13.0 Å². The third kappa shape index (κ3) is 4.74. The summed E-state index contributed by atoms with van der Waals surface area (Å²) in [5.74, 6) is 0.319. The van der Waals surface area contributed by atoms with Crippen LogP contribution < -0.4 is 48.8 Å². The Bertz CT molecular complexity index is 949. The van der Waals surface area contributed by atoms with Crippen LogP contribution >= 0.6 is 0 Å². The standard InChI is InChI=1S/C17H15F2N3O4.Na/c1-24-14-5-6-20-12(15(14)25-2)8-13(23)16-21-10-4-3-9(26-17(18)19)7-11(10)22-16;/h3-7,17H,8H2,1-2H3,(H,21,22,23);/q;+1/p-1. The van der Waals surface area contributed by atoms with Crippen LogP contribution in [-0.4, -0.2) is 36.6 Å². The van der Waals surface area contributed by atoms with Crippen molar-refractivity contribution >= 4 is 16.8 Å². The molecule has 0 fully saturated rings. The number of carbonyl (C=O) groups excluding carboxylic acids is 1. The van der Waals surface area contributed by atoms with Crippen molar-refractivity contribution in [3.8, 4) is 17.2 Å². The van der Waals surface area contributed by atoms with Gasteiger partial charge in [-0.2, -0.15) is 8.78 Å². The number of Topliss-reactive ketones (excluding diaryl/α,β-unsaturated/α-hetero) is 1. The summed E-state index contributed by atoms with van der Waals surface area (Å²) in [4.78, 5) is 24.9. The van der Waals surface area contributed by atoms with Gasteiger partial charge in [0, 0.05) is 12.3 Å². The molecule has 0 atom stereocenters. The van der Waals surface area contributed by atoms with Gasteiger partial charge in [0.1, 0.15) is 5.75 Å². The molecule has 1 aromatic carbocycles. The zero-order valence-electron chi connectivity index (χ0n) is 14.9. The summed E-state index contributed by atoms with van der Waals surface area (Å²) < 4.78 is 39.3. The van der Waals surface area contributed by atoms with Crippen LogP contribution in [0.3, 0.4) is 0 Å². The van der Waals surface area contributed by atoms with Gasteiger partial charge in [-0.25, -0.2) is 0 Å². The van der Waals surface area contributed by atoms with E-state index in [1.807, 2.05) is 0 Å². The zero-order valence-corrected chi connectivity index (χ0v) is 16.9. The number of aromatic nitrogens is 3. The van der Waals surface area contributed by atoms with Gasteiger partial charge in [0.05, 0.1) is 26.3 Å². The summed E-state index contributed by atoms with van der Waals surface area (Å²) in [6.07, 6.45) is 1.40. The predicted molar refractivity (Wildman–Crippen MR) is 87.1 cm³/mol. The number of hydrogen-bond donors (Lipinski definition) is 0. The summed E-state index contributed by atoms with van der Waals surface area (Å²) in [6, 6.07) is 5.71. The summed E-state index contributed by atoms with van der Waals surface area (Å²) in [6.45, 7) is -2.94. The van der Waals surface area contributed by atoms with E-state index in [1.165, 1.54) is 38.6 Å². The van der Waals surface area contributed by atoms with Crippen LogP contribution in [-0.2, 0) is 6.42 Å². The number of imidazole rings is 1. The van der Waals surface area contributed by atoms with Crippen LogP contribution in [0.4, 0.5) is 8.78 Å². The van der Waals surface area contributed by atoms with Gasteiger partial charge in [0.25, 0.3) is 0 Å². The normalized spacial score (nSPS) is 10.6. The van der Waals surface area contributed by atoms with Gasteiger partial charge in [0.15, 0.2) is 17.3 Å². The van der Waals surface area contributed by atoms with E-state index >= 15 is 0 Å². The number of pyridine rings is 1. The van der Waals surface area contributed by atoms with Crippen LogP contribution in [0.25, 0.3) is 11.0 Å². The molecule has 0 unspecified atom stereocenters. The van der Waals surface area contributed by atoms with Crippen LogP contribution in [0, 0.1) is 0 Å². The van der Waals surface area contributed by atoms with Crippen LogP contribution in [0.1, 0.15) is 16.3 Å². The number of hydrogen-bond acceptors (Lipinski definition) is 6. The summed E-state index contributed by atoms with van der Waals surface area (Å²) in [7, 11) is 2.93. The van der Waals surface area contributed by atoms with Gasteiger partial charge >= 0.3 is 36.2 Å². The maximum Gasteiger partial charge on any atom is 1.00 e. The molecule has 27 heavy (non-hydrogen) atoms. The number of ether oxygens (including phenoxy) is 3. The molecule has 7 nitrogen and oxygen atoms in total. The Balaban J connectivity index is 0.00000261. The van der Waals surface area contributed by atoms with E-state index in [0.717, 1.165) is 0 Å². The van der Waals surface area contributed by atoms with Gasteiger partial charge in [0.2, 0.25) is 0 Å². The summed E-state index contributed by atoms with van der Waals surface area (Å²) in [5, 5.41) is 0. The quantitative estimate of drug-likeness (QED) is 0.406. The van der Waals surface area contributed by atoms with Crippen molar-refractivity contribution in [3.05, 3.63) is 42.0 Å². The van der Waals surface area contributed by atoms with Gasteiger partial charge in [-0.1, -0.05) is 6.07 Å². The molecule has 0 aliphatic heterocycles. The first-order valence-corrected chi connectivity index (χ1v) is 7.50. The molecule has 136 valence electrons. The molecule has 2 heterocycles. The first-order chi connectivity index (χ1) is 12.5. The fourth-order valence-corrected chi connectivity index (χ4v) is 2.45. The maximum absolute atomic E-state index is 12.5. The molecule has 0 aliphatic carbocycles. The van der Waals surface area contributed by atoms with Crippen LogP contribution in [0.5, 0.6) is 17.2 Å². The van der Waals surface area contributed by atoms with Crippen molar-refractivity contribution in [1.82, 2.24) is 15.0 Å². The van der Waals surface area contributed by atoms with Crippen LogP contribution in [0.2, 0.25) is 0 Å². The Hall–Kier alpha value is -2.23. The minimum absolute atomic E-state index is 0. The van der Waals surface area contributed by atoms with Crippen molar-refractivity contribution in [3.63, 3.8) is 0 Å². The number of halogens is 2. The predicted octanol–water partition coefficient (Wildman–Crippen LogP) is -0.365. The number of rotatable bonds is 7. The summed E-state index contributed by atoms with van der Waals surface area (Å²) >= 11 is 0. The molecule has 3 aromatic rings. The van der Waals surface area contributed by atoms with Crippen LogP contribution in [0.15, 0.2) is 30.5 Å². The molecular weight excluding hydrogens is 371 g/mol. The minimum atomic E-state index is -2.94. The molecule has 10 heteroatoms. The maximum atomic E-state index is 12.5. The third-order valence-corrected chi connectivity index (χ3v) is 3.57. The molecule has 0 amide bonds. The molecule has 0 aliphatic rings. The van der Waals surface area contributed by atoms with Gasteiger partial charge in [-0.15, -0.1) is 0 Å². The number of carbonyl (C=O) groups is 1. The minimum Gasteiger partial charge on any atom is -0.493 e. The molecule has 0 saturated heterocycles. The fourth-order valence-electron chi connectivity index (χ4n) is 2.45. The van der Waals surface area contributed by atoms with E-state index < -0.39 is 12.4 Å². The fraction of sp³-hybridized carbons (Fsp3) is 0.235. The molecule has 0 N–H and O–H groups in total. The molecule has 0 radical (unpaired) electrons. The first kappa shape index (κ1) is 21.1. The van der Waals surface area contributed by atoms with Crippen molar-refractivity contribution in [2.75, 3.05) is 14.2 Å². The van der Waals surface area contributed by atoms with Gasteiger partial charge in [-0.3, -0.25) is 9.78 Å². The summed E-state index contributed by atoms with van der Waals surface area (Å²) in [5.41, 5.74) is 1.07. The smallest absolute Gasteiger partial charge is 0.493 e. The number of benzene rings is 1. The average Bonchev–Trinajstić information content (AvgIpc) is 3.04. The van der Waals surface area contributed by atoms with E-state index in [1.54, 1.807) is 6.07 Å². The number of nitrogens with zero attached hydrogens (tertiary/aromatic N) is 3. The second kappa shape index (κ2) is 9.12.